The molecule has 1 aromatic carbocycles. The van der Waals surface area contributed by atoms with E-state index in [-0.39, 0.29) is 6.61 Å². The Morgan fingerprint density at radius 1 is 1.43 bits per heavy atom. The van der Waals surface area contributed by atoms with Gasteiger partial charge in [0.25, 0.3) is 0 Å². The number of hydrogen-bond acceptors (Lipinski definition) is 3. The molecule has 1 aromatic rings. The standard InChI is InChI=1S/C17H22ClNO2/c1-12-6-5-7-19-16(12)14-10-13(2)17(15(18)11-14)21-9-4-3-8-20/h3-4,10-12,20H,5-9H2,1-2H3/b4-3-. The van der Waals surface area contributed by atoms with E-state index in [9.17, 15) is 0 Å². The number of ether oxygens (including phenoxy) is 1. The molecule has 3 nitrogen and oxygen atoms in total. The van der Waals surface area contributed by atoms with E-state index in [0.717, 1.165) is 29.8 Å². The molecular formula is C17H22ClNO2. The molecule has 1 N–H and O–H groups in total. The summed E-state index contributed by atoms with van der Waals surface area (Å²) in [6, 6.07) is 4.04. The summed E-state index contributed by atoms with van der Waals surface area (Å²) in [5, 5.41) is 9.31. The van der Waals surface area contributed by atoms with Gasteiger partial charge in [-0.3, -0.25) is 4.99 Å². The fourth-order valence-electron chi connectivity index (χ4n) is 2.60. The number of nitrogens with zero attached hydrogens (tertiary/aromatic N) is 1. The molecule has 4 heteroatoms. The van der Waals surface area contributed by atoms with Crippen LogP contribution in [-0.2, 0) is 0 Å². The minimum atomic E-state index is 0.0206. The van der Waals surface area contributed by atoms with Crippen LogP contribution in [0.15, 0.2) is 29.3 Å². The average Bonchev–Trinajstić information content (AvgIpc) is 2.46. The summed E-state index contributed by atoms with van der Waals surface area (Å²) in [6.07, 6.45) is 5.77. The van der Waals surface area contributed by atoms with Crippen molar-refractivity contribution in [1.29, 1.82) is 0 Å². The average molecular weight is 308 g/mol. The first kappa shape index (κ1) is 16.1. The van der Waals surface area contributed by atoms with Gasteiger partial charge in [-0.2, -0.15) is 0 Å². The molecule has 0 fully saturated rings. The Hall–Kier alpha value is -1.32. The topological polar surface area (TPSA) is 41.8 Å². The maximum Gasteiger partial charge on any atom is 0.141 e. The molecule has 0 amide bonds. The predicted molar refractivity (Wildman–Crippen MR) is 87.7 cm³/mol. The maximum atomic E-state index is 8.70. The van der Waals surface area contributed by atoms with Crippen LogP contribution in [0.3, 0.4) is 0 Å². The molecule has 1 aliphatic heterocycles. The van der Waals surface area contributed by atoms with Crippen molar-refractivity contribution in [2.24, 2.45) is 10.9 Å². The molecular weight excluding hydrogens is 286 g/mol. The van der Waals surface area contributed by atoms with E-state index in [0.29, 0.717) is 23.3 Å². The first-order valence-electron chi connectivity index (χ1n) is 7.37. The van der Waals surface area contributed by atoms with Crippen LogP contribution >= 0.6 is 11.6 Å². The van der Waals surface area contributed by atoms with Gasteiger partial charge in [0.1, 0.15) is 12.4 Å². The number of aliphatic hydroxyl groups excluding tert-OH is 1. The molecule has 1 heterocycles. The smallest absolute Gasteiger partial charge is 0.141 e. The molecule has 0 bridgehead atoms. The molecule has 0 saturated heterocycles. The lowest BCUT2D eigenvalue weighted by Crippen LogP contribution is -2.18. The molecule has 2 rings (SSSR count). The molecule has 0 aromatic heterocycles. The van der Waals surface area contributed by atoms with Crippen molar-refractivity contribution in [1.82, 2.24) is 0 Å². The summed E-state index contributed by atoms with van der Waals surface area (Å²) >= 11 is 6.36. The summed E-state index contributed by atoms with van der Waals surface area (Å²) in [4.78, 5) is 4.66. The Labute approximate surface area is 131 Å². The van der Waals surface area contributed by atoms with E-state index in [2.05, 4.69) is 18.0 Å². The normalized spacial score (nSPS) is 18.9. The molecule has 1 unspecified atom stereocenters. The fraction of sp³-hybridized carbons (Fsp3) is 0.471. The van der Waals surface area contributed by atoms with Gasteiger partial charge in [0.15, 0.2) is 0 Å². The minimum absolute atomic E-state index is 0.0206. The summed E-state index contributed by atoms with van der Waals surface area (Å²) < 4.78 is 5.67. The second kappa shape index (κ2) is 7.62. The molecule has 21 heavy (non-hydrogen) atoms. The molecule has 0 radical (unpaired) electrons. The quantitative estimate of drug-likeness (QED) is 0.841. The van der Waals surface area contributed by atoms with Gasteiger partial charge in [0.05, 0.1) is 11.6 Å². The Balaban J connectivity index is 2.20. The molecule has 1 atom stereocenters. The monoisotopic (exact) mass is 307 g/mol. The van der Waals surface area contributed by atoms with Gasteiger partial charge < -0.3 is 9.84 Å². The van der Waals surface area contributed by atoms with Crippen LogP contribution in [0.1, 0.15) is 30.9 Å². The summed E-state index contributed by atoms with van der Waals surface area (Å²) in [5.41, 5.74) is 3.26. The SMILES string of the molecule is Cc1cc(C2=NCCCC2C)cc(Cl)c1OC/C=C\CO. The number of halogens is 1. The summed E-state index contributed by atoms with van der Waals surface area (Å²) in [5.74, 6) is 1.18. The van der Waals surface area contributed by atoms with Crippen LogP contribution in [0.25, 0.3) is 0 Å². The number of benzene rings is 1. The van der Waals surface area contributed by atoms with Gasteiger partial charge in [-0.1, -0.05) is 24.6 Å². The van der Waals surface area contributed by atoms with E-state index in [4.69, 9.17) is 21.4 Å². The van der Waals surface area contributed by atoms with Gasteiger partial charge in [-0.15, -0.1) is 0 Å². The lowest BCUT2D eigenvalue weighted by atomic mass is 9.91. The zero-order valence-corrected chi connectivity index (χ0v) is 13.4. The van der Waals surface area contributed by atoms with E-state index in [1.165, 1.54) is 6.42 Å². The number of aryl methyl sites for hydroxylation is 1. The second-order valence-corrected chi connectivity index (χ2v) is 5.79. The van der Waals surface area contributed by atoms with E-state index < -0.39 is 0 Å². The lowest BCUT2D eigenvalue weighted by molar-refractivity contribution is 0.336. The lowest BCUT2D eigenvalue weighted by Gasteiger charge is -2.21. The first-order chi connectivity index (χ1) is 10.1. The molecule has 114 valence electrons. The van der Waals surface area contributed by atoms with Crippen molar-refractivity contribution in [2.75, 3.05) is 19.8 Å². The van der Waals surface area contributed by atoms with Crippen LogP contribution in [-0.4, -0.2) is 30.6 Å². The van der Waals surface area contributed by atoms with Gasteiger partial charge >= 0.3 is 0 Å². The van der Waals surface area contributed by atoms with Crippen LogP contribution in [0.5, 0.6) is 5.75 Å². The van der Waals surface area contributed by atoms with Crippen molar-refractivity contribution < 1.29 is 9.84 Å². The first-order valence-corrected chi connectivity index (χ1v) is 7.74. The zero-order valence-electron chi connectivity index (χ0n) is 12.6. The Kier molecular flexibility index (Phi) is 5.83. The molecule has 0 spiro atoms. The molecule has 0 aliphatic carbocycles. The molecule has 0 saturated carbocycles. The fourth-order valence-corrected chi connectivity index (χ4v) is 2.92. The predicted octanol–water partition coefficient (Wildman–Crippen LogP) is 3.79. The van der Waals surface area contributed by atoms with E-state index in [1.807, 2.05) is 13.0 Å². The zero-order chi connectivity index (χ0) is 15.2. The van der Waals surface area contributed by atoms with Gasteiger partial charge in [0.2, 0.25) is 0 Å². The highest BCUT2D eigenvalue weighted by atomic mass is 35.5. The van der Waals surface area contributed by atoms with Crippen molar-refractivity contribution in [3.63, 3.8) is 0 Å². The van der Waals surface area contributed by atoms with Gasteiger partial charge in [-0.25, -0.2) is 0 Å². The van der Waals surface area contributed by atoms with Crippen LogP contribution in [0.4, 0.5) is 0 Å². The minimum Gasteiger partial charge on any atom is -0.488 e. The van der Waals surface area contributed by atoms with Gasteiger partial charge in [-0.05, 0) is 55.0 Å². The highest BCUT2D eigenvalue weighted by Gasteiger charge is 2.18. The van der Waals surface area contributed by atoms with Crippen LogP contribution < -0.4 is 4.74 Å². The van der Waals surface area contributed by atoms with Crippen molar-refractivity contribution in [2.45, 2.75) is 26.7 Å². The van der Waals surface area contributed by atoms with Crippen molar-refractivity contribution in [3.05, 3.63) is 40.4 Å². The number of aliphatic imine (C=N–C) groups is 1. The Bertz CT molecular complexity index is 529. The summed E-state index contributed by atoms with van der Waals surface area (Å²) in [7, 11) is 0. The maximum absolute atomic E-state index is 8.70. The Morgan fingerprint density at radius 2 is 2.24 bits per heavy atom. The highest BCUT2D eigenvalue weighted by molar-refractivity contribution is 6.32. The van der Waals surface area contributed by atoms with E-state index in [1.54, 1.807) is 12.2 Å². The number of hydrogen-bond donors (Lipinski definition) is 1. The van der Waals surface area contributed by atoms with Gasteiger partial charge in [0, 0.05) is 12.3 Å². The van der Waals surface area contributed by atoms with Crippen LogP contribution in [0.2, 0.25) is 5.02 Å². The highest BCUT2D eigenvalue weighted by Crippen LogP contribution is 2.32. The third-order valence-corrected chi connectivity index (χ3v) is 3.95. The van der Waals surface area contributed by atoms with Crippen LogP contribution in [0, 0.1) is 12.8 Å². The largest absolute Gasteiger partial charge is 0.488 e. The summed E-state index contributed by atoms with van der Waals surface area (Å²) in [6.45, 7) is 5.53. The molecule has 1 aliphatic rings. The Morgan fingerprint density at radius 3 is 2.90 bits per heavy atom. The second-order valence-electron chi connectivity index (χ2n) is 5.38. The number of aliphatic hydroxyl groups is 1. The van der Waals surface area contributed by atoms with E-state index >= 15 is 0 Å². The van der Waals surface area contributed by atoms with Crippen molar-refractivity contribution >= 4 is 17.3 Å². The number of rotatable bonds is 5. The third kappa shape index (κ3) is 4.08. The van der Waals surface area contributed by atoms with Crippen molar-refractivity contribution in [3.8, 4) is 5.75 Å². The third-order valence-electron chi connectivity index (χ3n) is 3.67.